The van der Waals surface area contributed by atoms with Crippen LogP contribution in [0.3, 0.4) is 0 Å². The van der Waals surface area contributed by atoms with Crippen LogP contribution in [0.15, 0.2) is 41.5 Å². The van der Waals surface area contributed by atoms with Crippen molar-refractivity contribution in [2.75, 3.05) is 0 Å². The first kappa shape index (κ1) is 17.5. The van der Waals surface area contributed by atoms with Crippen LogP contribution >= 0.6 is 0 Å². The Hall–Kier alpha value is -1.90. The molecule has 0 amide bonds. The highest BCUT2D eigenvalue weighted by Gasteiger charge is 2.68. The Bertz CT molecular complexity index is 776. The fourth-order valence-electron chi connectivity index (χ4n) is 7.04. The van der Waals surface area contributed by atoms with Gasteiger partial charge in [-0.15, -0.1) is 0 Å². The predicted octanol–water partition coefficient (Wildman–Crippen LogP) is 4.52. The number of carboxylic acid groups (broad SMARTS) is 1. The maximum Gasteiger partial charge on any atom is 0.332 e. The normalized spacial score (nSPS) is 37.5. The Labute approximate surface area is 155 Å². The van der Waals surface area contributed by atoms with E-state index in [-0.39, 0.29) is 10.8 Å². The molecular weight excluding hydrogens is 324 g/mol. The van der Waals surface area contributed by atoms with E-state index in [1.807, 2.05) is 0 Å². The Kier molecular flexibility index (Phi) is 3.91. The number of aldehydes is 1. The molecule has 3 aliphatic rings. The van der Waals surface area contributed by atoms with Gasteiger partial charge in [0.15, 0.2) is 0 Å². The summed E-state index contributed by atoms with van der Waals surface area (Å²) in [6, 6.07) is 10.6. The monoisotopic (exact) mass is 352 g/mol. The smallest absolute Gasteiger partial charge is 0.332 e. The fraction of sp³-hybridized carbons (Fsp3) is 0.565. The van der Waals surface area contributed by atoms with Crippen LogP contribution in [-0.2, 0) is 16.0 Å². The highest BCUT2D eigenvalue weighted by atomic mass is 16.4. The summed E-state index contributed by atoms with van der Waals surface area (Å²) < 4.78 is 0. The van der Waals surface area contributed by atoms with E-state index in [4.69, 9.17) is 0 Å². The highest BCUT2D eigenvalue weighted by Crippen LogP contribution is 2.74. The molecule has 1 N–H and O–H groups in total. The molecule has 0 saturated heterocycles. The van der Waals surface area contributed by atoms with E-state index < -0.39 is 11.9 Å². The SMILES string of the molecule is CC1CC(Cc2ccccc2)C2CC3=C(C(=O)O)C(C=O)CC31C2(C)C. The number of allylic oxidation sites excluding steroid dienone is 1. The van der Waals surface area contributed by atoms with Gasteiger partial charge in [-0.25, -0.2) is 4.79 Å². The Morgan fingerprint density at radius 3 is 2.58 bits per heavy atom. The van der Waals surface area contributed by atoms with Gasteiger partial charge in [-0.2, -0.15) is 0 Å². The minimum Gasteiger partial charge on any atom is -0.478 e. The van der Waals surface area contributed by atoms with Crippen molar-refractivity contribution in [1.82, 2.24) is 0 Å². The fourth-order valence-corrected chi connectivity index (χ4v) is 7.04. The van der Waals surface area contributed by atoms with Crippen molar-refractivity contribution in [3.05, 3.63) is 47.0 Å². The quantitative estimate of drug-likeness (QED) is 0.811. The van der Waals surface area contributed by atoms with E-state index in [9.17, 15) is 14.7 Å². The molecule has 3 nitrogen and oxygen atoms in total. The van der Waals surface area contributed by atoms with E-state index >= 15 is 0 Å². The molecule has 0 radical (unpaired) electrons. The second-order valence-corrected chi connectivity index (χ2v) is 9.23. The van der Waals surface area contributed by atoms with Gasteiger partial charge in [0.1, 0.15) is 6.29 Å². The second kappa shape index (κ2) is 5.80. The maximum absolute atomic E-state index is 12.0. The van der Waals surface area contributed by atoms with Crippen LogP contribution in [0.4, 0.5) is 0 Å². The topological polar surface area (TPSA) is 54.4 Å². The van der Waals surface area contributed by atoms with E-state index in [0.717, 1.165) is 31.1 Å². The average Bonchev–Trinajstić information content (AvgIpc) is 3.00. The van der Waals surface area contributed by atoms with Gasteiger partial charge in [0, 0.05) is 16.9 Å². The average molecular weight is 352 g/mol. The molecule has 5 atom stereocenters. The summed E-state index contributed by atoms with van der Waals surface area (Å²) in [7, 11) is 0. The van der Waals surface area contributed by atoms with Crippen LogP contribution in [0.25, 0.3) is 0 Å². The van der Waals surface area contributed by atoms with Gasteiger partial charge in [-0.3, -0.25) is 0 Å². The third-order valence-corrected chi connectivity index (χ3v) is 8.08. The van der Waals surface area contributed by atoms with Gasteiger partial charge in [-0.1, -0.05) is 56.7 Å². The van der Waals surface area contributed by atoms with E-state index in [1.54, 1.807) is 0 Å². The molecule has 1 spiro atoms. The number of carbonyl (C=O) groups is 2. The molecule has 5 unspecified atom stereocenters. The van der Waals surface area contributed by atoms with Crippen LogP contribution in [0.5, 0.6) is 0 Å². The van der Waals surface area contributed by atoms with Crippen molar-refractivity contribution >= 4 is 12.3 Å². The Balaban J connectivity index is 1.78. The standard InChI is InChI=1S/C23H28O3/c1-14-9-16(10-15-7-5-4-6-8-15)18-11-19-20(21(25)26)17(13-24)12-23(14,19)22(18,2)3/h4-8,13-14,16-18H,9-12H2,1-3H3,(H,25,26). The van der Waals surface area contributed by atoms with E-state index in [0.29, 0.717) is 29.7 Å². The van der Waals surface area contributed by atoms with Crippen molar-refractivity contribution < 1.29 is 14.7 Å². The molecule has 3 aliphatic carbocycles. The summed E-state index contributed by atoms with van der Waals surface area (Å²) in [6.07, 6.45) is 4.58. The molecule has 2 saturated carbocycles. The first-order valence-electron chi connectivity index (χ1n) is 9.79. The molecule has 0 aromatic heterocycles. The molecule has 0 heterocycles. The largest absolute Gasteiger partial charge is 0.478 e. The summed E-state index contributed by atoms with van der Waals surface area (Å²) in [5.74, 6) is 0.131. The molecule has 3 heteroatoms. The van der Waals surface area contributed by atoms with Crippen LogP contribution in [-0.4, -0.2) is 17.4 Å². The number of hydrogen-bond acceptors (Lipinski definition) is 2. The van der Waals surface area contributed by atoms with Crippen molar-refractivity contribution in [2.45, 2.75) is 46.5 Å². The number of rotatable bonds is 4. The summed E-state index contributed by atoms with van der Waals surface area (Å²) in [5, 5.41) is 9.82. The van der Waals surface area contributed by atoms with Gasteiger partial charge in [0.2, 0.25) is 0 Å². The number of aliphatic carboxylic acids is 1. The summed E-state index contributed by atoms with van der Waals surface area (Å²) in [6.45, 7) is 6.93. The van der Waals surface area contributed by atoms with Crippen molar-refractivity contribution in [1.29, 1.82) is 0 Å². The highest BCUT2D eigenvalue weighted by molar-refractivity contribution is 5.94. The summed E-state index contributed by atoms with van der Waals surface area (Å²) >= 11 is 0. The zero-order valence-electron chi connectivity index (χ0n) is 15.9. The van der Waals surface area contributed by atoms with Crippen LogP contribution in [0, 0.1) is 34.5 Å². The van der Waals surface area contributed by atoms with Crippen molar-refractivity contribution in [3.63, 3.8) is 0 Å². The molecule has 2 fully saturated rings. The lowest BCUT2D eigenvalue weighted by atomic mass is 9.49. The van der Waals surface area contributed by atoms with E-state index in [1.165, 1.54) is 5.56 Å². The molecule has 1 aromatic carbocycles. The lowest BCUT2D eigenvalue weighted by Gasteiger charge is -2.54. The molecule has 4 rings (SSSR count). The summed E-state index contributed by atoms with van der Waals surface area (Å²) in [4.78, 5) is 23.6. The maximum atomic E-state index is 12.0. The number of fused-ring (bicyclic) bond motifs is 1. The van der Waals surface area contributed by atoms with Crippen LogP contribution in [0.1, 0.15) is 45.6 Å². The lowest BCUT2D eigenvalue weighted by Crippen LogP contribution is -2.49. The minimum absolute atomic E-state index is 0.0257. The Morgan fingerprint density at radius 1 is 1.27 bits per heavy atom. The van der Waals surface area contributed by atoms with Gasteiger partial charge in [0.25, 0.3) is 0 Å². The Morgan fingerprint density at radius 2 is 1.96 bits per heavy atom. The zero-order chi connectivity index (χ0) is 18.7. The minimum atomic E-state index is -0.885. The van der Waals surface area contributed by atoms with Gasteiger partial charge < -0.3 is 9.90 Å². The van der Waals surface area contributed by atoms with Gasteiger partial charge in [0.05, 0.1) is 0 Å². The van der Waals surface area contributed by atoms with Gasteiger partial charge in [-0.05, 0) is 54.4 Å². The number of carboxylic acids is 1. The third-order valence-electron chi connectivity index (χ3n) is 8.08. The number of carbonyl (C=O) groups excluding carboxylic acids is 1. The van der Waals surface area contributed by atoms with E-state index in [2.05, 4.69) is 51.1 Å². The number of hydrogen-bond donors (Lipinski definition) is 1. The molecule has 26 heavy (non-hydrogen) atoms. The van der Waals surface area contributed by atoms with Crippen LogP contribution < -0.4 is 0 Å². The predicted molar refractivity (Wildman–Crippen MR) is 101 cm³/mol. The lowest BCUT2D eigenvalue weighted by molar-refractivity contribution is -0.134. The first-order valence-corrected chi connectivity index (χ1v) is 9.79. The van der Waals surface area contributed by atoms with Crippen LogP contribution in [0.2, 0.25) is 0 Å². The molecule has 2 bridgehead atoms. The zero-order valence-corrected chi connectivity index (χ0v) is 15.9. The van der Waals surface area contributed by atoms with Crippen molar-refractivity contribution in [3.8, 4) is 0 Å². The third kappa shape index (κ3) is 2.12. The molecular formula is C23H28O3. The molecule has 138 valence electrons. The van der Waals surface area contributed by atoms with Crippen molar-refractivity contribution in [2.24, 2.45) is 34.5 Å². The summed E-state index contributed by atoms with van der Waals surface area (Å²) in [5.41, 5.74) is 2.79. The van der Waals surface area contributed by atoms with Gasteiger partial charge >= 0.3 is 5.97 Å². The first-order chi connectivity index (χ1) is 12.3. The molecule has 1 aromatic rings. The number of benzene rings is 1. The molecule has 0 aliphatic heterocycles. The second-order valence-electron chi connectivity index (χ2n) is 9.23.